The van der Waals surface area contributed by atoms with Gasteiger partial charge in [-0.3, -0.25) is 13.9 Å². The van der Waals surface area contributed by atoms with Gasteiger partial charge in [-0.15, -0.1) is 0 Å². The van der Waals surface area contributed by atoms with Gasteiger partial charge in [0.15, 0.2) is 0 Å². The van der Waals surface area contributed by atoms with Crippen LogP contribution in [0.5, 0.6) is 0 Å². The SMILES string of the molecule is Cc1ccccc1CN(C(=O)CN(c1ccc(F)c(Cl)c1)S(=O)(=O)c1ccccc1)[C@H](C)C(=O)NC1CCCC1. The van der Waals surface area contributed by atoms with Crippen LogP contribution in [0.25, 0.3) is 0 Å². The Morgan fingerprint density at radius 1 is 1.02 bits per heavy atom. The molecule has 1 N–H and O–H groups in total. The molecular formula is C30H33ClFN3O4S. The van der Waals surface area contributed by atoms with Crippen molar-refractivity contribution in [1.29, 1.82) is 0 Å². The maximum atomic E-state index is 14.0. The number of anilines is 1. The Morgan fingerprint density at radius 3 is 2.33 bits per heavy atom. The smallest absolute Gasteiger partial charge is 0.264 e. The summed E-state index contributed by atoms with van der Waals surface area (Å²) in [4.78, 5) is 28.6. The topological polar surface area (TPSA) is 86.8 Å². The van der Waals surface area contributed by atoms with Crippen LogP contribution in [0.3, 0.4) is 0 Å². The Labute approximate surface area is 240 Å². The first-order valence-electron chi connectivity index (χ1n) is 13.2. The van der Waals surface area contributed by atoms with E-state index in [1.165, 1.54) is 29.2 Å². The first-order valence-corrected chi connectivity index (χ1v) is 15.1. The molecule has 7 nitrogen and oxygen atoms in total. The maximum Gasteiger partial charge on any atom is 0.264 e. The van der Waals surface area contributed by atoms with Crippen molar-refractivity contribution >= 4 is 39.1 Å². The Balaban J connectivity index is 1.70. The monoisotopic (exact) mass is 585 g/mol. The largest absolute Gasteiger partial charge is 0.352 e. The van der Waals surface area contributed by atoms with Crippen LogP contribution >= 0.6 is 11.6 Å². The molecule has 2 amide bonds. The van der Waals surface area contributed by atoms with Gasteiger partial charge in [0.1, 0.15) is 18.4 Å². The first-order chi connectivity index (χ1) is 19.1. The number of benzene rings is 3. The summed E-state index contributed by atoms with van der Waals surface area (Å²) in [6.07, 6.45) is 3.85. The second kappa shape index (κ2) is 12.8. The first kappa shape index (κ1) is 29.6. The molecule has 3 aromatic carbocycles. The molecule has 4 rings (SSSR count). The van der Waals surface area contributed by atoms with Crippen LogP contribution < -0.4 is 9.62 Å². The number of rotatable bonds is 10. The van der Waals surface area contributed by atoms with Gasteiger partial charge in [-0.2, -0.15) is 0 Å². The van der Waals surface area contributed by atoms with Crippen molar-refractivity contribution in [1.82, 2.24) is 10.2 Å². The van der Waals surface area contributed by atoms with Gasteiger partial charge in [0.05, 0.1) is 15.6 Å². The van der Waals surface area contributed by atoms with Gasteiger partial charge in [0, 0.05) is 12.6 Å². The minimum atomic E-state index is -4.25. The molecule has 0 heterocycles. The van der Waals surface area contributed by atoms with Crippen molar-refractivity contribution in [2.24, 2.45) is 0 Å². The molecule has 0 aliphatic heterocycles. The molecule has 0 bridgehead atoms. The van der Waals surface area contributed by atoms with Crippen LogP contribution in [0.1, 0.15) is 43.7 Å². The second-order valence-electron chi connectivity index (χ2n) is 10.0. The molecule has 1 saturated carbocycles. The number of carbonyl (C=O) groups excluding carboxylic acids is 2. The number of hydrogen-bond donors (Lipinski definition) is 1. The molecule has 1 atom stereocenters. The highest BCUT2D eigenvalue weighted by Gasteiger charge is 2.33. The van der Waals surface area contributed by atoms with E-state index in [4.69, 9.17) is 11.6 Å². The molecule has 1 fully saturated rings. The Hall–Kier alpha value is -3.43. The van der Waals surface area contributed by atoms with Gasteiger partial charge in [-0.05, 0) is 68.1 Å². The predicted molar refractivity (Wildman–Crippen MR) is 154 cm³/mol. The van der Waals surface area contributed by atoms with Crippen LogP contribution in [-0.4, -0.2) is 43.8 Å². The lowest BCUT2D eigenvalue weighted by molar-refractivity contribution is -0.139. The Bertz CT molecular complexity index is 1460. The maximum absolute atomic E-state index is 14.0. The van der Waals surface area contributed by atoms with Gasteiger partial charge in [0.25, 0.3) is 10.0 Å². The zero-order chi connectivity index (χ0) is 28.9. The van der Waals surface area contributed by atoms with E-state index < -0.39 is 34.3 Å². The number of nitrogens with one attached hydrogen (secondary N) is 1. The zero-order valence-electron chi connectivity index (χ0n) is 22.5. The molecule has 0 saturated heterocycles. The number of sulfonamides is 1. The summed E-state index contributed by atoms with van der Waals surface area (Å²) < 4.78 is 42.4. The van der Waals surface area contributed by atoms with E-state index in [2.05, 4.69) is 5.32 Å². The van der Waals surface area contributed by atoms with Crippen molar-refractivity contribution in [2.75, 3.05) is 10.8 Å². The molecule has 3 aromatic rings. The fourth-order valence-electron chi connectivity index (χ4n) is 4.83. The van der Waals surface area contributed by atoms with Gasteiger partial charge in [0.2, 0.25) is 11.8 Å². The van der Waals surface area contributed by atoms with Gasteiger partial charge >= 0.3 is 0 Å². The van der Waals surface area contributed by atoms with Gasteiger partial charge < -0.3 is 10.2 Å². The zero-order valence-corrected chi connectivity index (χ0v) is 24.1. The van der Waals surface area contributed by atoms with E-state index in [0.717, 1.165) is 47.2 Å². The summed E-state index contributed by atoms with van der Waals surface area (Å²) in [6, 6.07) is 17.8. The molecule has 0 unspecified atom stereocenters. The molecule has 1 aliphatic rings. The van der Waals surface area contributed by atoms with Crippen LogP contribution in [-0.2, 0) is 26.2 Å². The van der Waals surface area contributed by atoms with Crippen LogP contribution in [0.2, 0.25) is 5.02 Å². The van der Waals surface area contributed by atoms with E-state index >= 15 is 0 Å². The van der Waals surface area contributed by atoms with Crippen LogP contribution in [0.15, 0.2) is 77.7 Å². The lowest BCUT2D eigenvalue weighted by Crippen LogP contribution is -2.52. The number of amides is 2. The van der Waals surface area contributed by atoms with E-state index in [9.17, 15) is 22.4 Å². The van der Waals surface area contributed by atoms with Crippen molar-refractivity contribution in [3.8, 4) is 0 Å². The van der Waals surface area contributed by atoms with Crippen molar-refractivity contribution in [3.05, 3.63) is 94.8 Å². The van der Waals surface area contributed by atoms with Crippen LogP contribution in [0, 0.1) is 12.7 Å². The summed E-state index contributed by atoms with van der Waals surface area (Å²) in [5.74, 6) is -1.60. The van der Waals surface area contributed by atoms with Crippen molar-refractivity contribution in [3.63, 3.8) is 0 Å². The lowest BCUT2D eigenvalue weighted by atomic mass is 10.1. The molecule has 0 spiro atoms. The number of halogens is 2. The fourth-order valence-corrected chi connectivity index (χ4v) is 6.44. The average molecular weight is 586 g/mol. The highest BCUT2D eigenvalue weighted by atomic mass is 35.5. The fraction of sp³-hybridized carbons (Fsp3) is 0.333. The number of carbonyl (C=O) groups is 2. The molecule has 40 heavy (non-hydrogen) atoms. The quantitative estimate of drug-likeness (QED) is 0.342. The summed E-state index contributed by atoms with van der Waals surface area (Å²) in [6.45, 7) is 3.04. The van der Waals surface area contributed by atoms with E-state index in [1.54, 1.807) is 25.1 Å². The molecule has 0 radical (unpaired) electrons. The van der Waals surface area contributed by atoms with Crippen LogP contribution in [0.4, 0.5) is 10.1 Å². The van der Waals surface area contributed by atoms with Gasteiger partial charge in [-0.1, -0.05) is 66.9 Å². The van der Waals surface area contributed by atoms with Crippen molar-refractivity contribution in [2.45, 2.75) is 63.1 Å². The Morgan fingerprint density at radius 2 is 1.68 bits per heavy atom. The number of nitrogens with zero attached hydrogens (tertiary/aromatic N) is 2. The third-order valence-corrected chi connectivity index (χ3v) is 9.35. The predicted octanol–water partition coefficient (Wildman–Crippen LogP) is 5.46. The minimum absolute atomic E-state index is 0.0301. The summed E-state index contributed by atoms with van der Waals surface area (Å²) in [7, 11) is -4.25. The summed E-state index contributed by atoms with van der Waals surface area (Å²) in [5.41, 5.74) is 1.80. The number of hydrogen-bond acceptors (Lipinski definition) is 4. The highest BCUT2D eigenvalue weighted by molar-refractivity contribution is 7.92. The van der Waals surface area contributed by atoms with Crippen molar-refractivity contribution < 1.29 is 22.4 Å². The lowest BCUT2D eigenvalue weighted by Gasteiger charge is -2.33. The molecule has 212 valence electrons. The third kappa shape index (κ3) is 6.82. The van der Waals surface area contributed by atoms with Gasteiger partial charge in [-0.25, -0.2) is 12.8 Å². The Kier molecular flexibility index (Phi) is 9.48. The minimum Gasteiger partial charge on any atom is -0.352 e. The second-order valence-corrected chi connectivity index (χ2v) is 12.3. The molecule has 10 heteroatoms. The molecule has 0 aromatic heterocycles. The summed E-state index contributed by atoms with van der Waals surface area (Å²) >= 11 is 6.01. The number of aryl methyl sites for hydroxylation is 1. The highest BCUT2D eigenvalue weighted by Crippen LogP contribution is 2.28. The molecule has 1 aliphatic carbocycles. The summed E-state index contributed by atoms with van der Waals surface area (Å²) in [5, 5.41) is 2.77. The molecular weight excluding hydrogens is 553 g/mol. The standard InChI is InChI=1S/C30H33ClFN3O4S/c1-21-10-6-7-11-23(21)19-34(22(2)30(37)33-24-12-8-9-13-24)29(36)20-35(25-16-17-28(32)27(31)18-25)40(38,39)26-14-4-3-5-15-26/h3-7,10-11,14-18,22,24H,8-9,12-13,19-20H2,1-2H3,(H,33,37)/t22-/m1/s1. The van der Waals surface area contributed by atoms with E-state index in [1.807, 2.05) is 31.2 Å². The van der Waals surface area contributed by atoms with E-state index in [0.29, 0.717) is 0 Å². The normalized spacial score (nSPS) is 14.5. The average Bonchev–Trinajstić information content (AvgIpc) is 3.46. The van der Waals surface area contributed by atoms with E-state index in [-0.39, 0.29) is 34.1 Å². The third-order valence-electron chi connectivity index (χ3n) is 7.27.